The van der Waals surface area contributed by atoms with Crippen molar-refractivity contribution in [3.8, 4) is 5.75 Å². The predicted molar refractivity (Wildman–Crippen MR) is 73.7 cm³/mol. The normalized spacial score (nSPS) is 22.5. The van der Waals surface area contributed by atoms with Crippen molar-refractivity contribution in [3.05, 3.63) is 22.2 Å². The summed E-state index contributed by atoms with van der Waals surface area (Å²) in [5, 5.41) is 12.2. The molecule has 1 saturated heterocycles. The number of nitrogens with two attached hydrogens (primary N) is 1. The molecular weight excluding hydrogens is 291 g/mol. The minimum Gasteiger partial charge on any atom is -0.505 e. The fourth-order valence-corrected chi connectivity index (χ4v) is 2.42. The van der Waals surface area contributed by atoms with E-state index in [2.05, 4.69) is 5.32 Å². The fraction of sp³-hybridized carbons (Fsp3) is 0.417. The molecule has 0 aliphatic carbocycles. The average molecular weight is 305 g/mol. The lowest BCUT2D eigenvalue weighted by Crippen LogP contribution is -2.29. The number of hydrogen-bond donors (Lipinski definition) is 3. The summed E-state index contributed by atoms with van der Waals surface area (Å²) >= 11 is 11.5. The molecule has 2 atom stereocenters. The molecule has 0 spiro atoms. The van der Waals surface area contributed by atoms with Crippen LogP contribution in [0.25, 0.3) is 0 Å². The highest BCUT2D eigenvalue weighted by Gasteiger charge is 2.29. The molecule has 1 fully saturated rings. The molecule has 1 aliphatic rings. The number of phenols is 1. The van der Waals surface area contributed by atoms with E-state index in [1.165, 1.54) is 12.1 Å². The van der Waals surface area contributed by atoms with Crippen LogP contribution >= 0.6 is 23.2 Å². The van der Waals surface area contributed by atoms with E-state index in [9.17, 15) is 9.90 Å². The van der Waals surface area contributed by atoms with Crippen LogP contribution in [0.3, 0.4) is 0 Å². The van der Waals surface area contributed by atoms with Crippen molar-refractivity contribution in [2.24, 2.45) is 5.73 Å². The van der Waals surface area contributed by atoms with E-state index in [1.807, 2.05) is 0 Å². The van der Waals surface area contributed by atoms with E-state index in [0.717, 1.165) is 6.42 Å². The van der Waals surface area contributed by atoms with Crippen molar-refractivity contribution in [2.45, 2.75) is 25.0 Å². The number of rotatable bonds is 3. The number of carbonyl (C=O) groups excluding carboxylic acids is 1. The number of amides is 1. The molecule has 2 rings (SSSR count). The summed E-state index contributed by atoms with van der Waals surface area (Å²) < 4.78 is 5.48. The summed E-state index contributed by atoms with van der Waals surface area (Å²) in [4.78, 5) is 12.0. The Labute approximate surface area is 120 Å². The van der Waals surface area contributed by atoms with E-state index in [1.54, 1.807) is 0 Å². The van der Waals surface area contributed by atoms with Gasteiger partial charge in [-0.15, -0.1) is 0 Å². The number of aromatic hydroxyl groups is 1. The van der Waals surface area contributed by atoms with Gasteiger partial charge < -0.3 is 20.9 Å². The summed E-state index contributed by atoms with van der Waals surface area (Å²) in [6, 6.07) is 2.85. The molecule has 1 aromatic carbocycles. The molecule has 1 aromatic rings. The van der Waals surface area contributed by atoms with Gasteiger partial charge in [-0.3, -0.25) is 4.79 Å². The molecule has 1 amide bonds. The van der Waals surface area contributed by atoms with Crippen molar-refractivity contribution in [2.75, 3.05) is 11.9 Å². The smallest absolute Gasteiger partial charge is 0.253 e. The molecule has 104 valence electrons. The van der Waals surface area contributed by atoms with Gasteiger partial charge in [0.25, 0.3) is 5.91 Å². The zero-order valence-corrected chi connectivity index (χ0v) is 11.5. The first-order valence-corrected chi connectivity index (χ1v) is 6.61. The first-order chi connectivity index (χ1) is 9.01. The minimum atomic E-state index is -0.514. The summed E-state index contributed by atoms with van der Waals surface area (Å²) in [5.41, 5.74) is 5.90. The van der Waals surface area contributed by atoms with Crippen LogP contribution in [0, 0.1) is 0 Å². The first kappa shape index (κ1) is 14.4. The summed E-state index contributed by atoms with van der Waals surface area (Å²) in [6.07, 6.45) is 0.821. The molecule has 7 heteroatoms. The summed E-state index contributed by atoms with van der Waals surface area (Å²) in [6.45, 7) is 0.403. The van der Waals surface area contributed by atoms with E-state index in [4.69, 9.17) is 33.7 Å². The SMILES string of the molecule is NCC1CCC(C(=O)Nc2cc(Cl)c(O)c(Cl)c2)O1. The van der Waals surface area contributed by atoms with Gasteiger partial charge in [0.1, 0.15) is 6.10 Å². The lowest BCUT2D eigenvalue weighted by Gasteiger charge is -2.13. The maximum atomic E-state index is 12.0. The van der Waals surface area contributed by atoms with Gasteiger partial charge in [0.05, 0.1) is 16.1 Å². The fourth-order valence-electron chi connectivity index (χ4n) is 1.93. The molecule has 2 unspecified atom stereocenters. The number of halogens is 2. The highest BCUT2D eigenvalue weighted by molar-refractivity contribution is 6.37. The number of phenolic OH excluding ortho intramolecular Hbond substituents is 1. The van der Waals surface area contributed by atoms with Gasteiger partial charge in [-0.1, -0.05) is 23.2 Å². The second-order valence-electron chi connectivity index (χ2n) is 4.34. The number of nitrogens with one attached hydrogen (secondary N) is 1. The van der Waals surface area contributed by atoms with Crippen molar-refractivity contribution in [1.29, 1.82) is 0 Å². The molecule has 0 bridgehead atoms. The van der Waals surface area contributed by atoms with Crippen molar-refractivity contribution >= 4 is 34.8 Å². The van der Waals surface area contributed by atoms with Gasteiger partial charge in [0.15, 0.2) is 5.75 Å². The third kappa shape index (κ3) is 3.30. The summed E-state index contributed by atoms with van der Waals surface area (Å²) in [7, 11) is 0. The zero-order chi connectivity index (χ0) is 14.0. The van der Waals surface area contributed by atoms with Crippen LogP contribution < -0.4 is 11.1 Å². The molecule has 1 aliphatic heterocycles. The second-order valence-corrected chi connectivity index (χ2v) is 5.15. The quantitative estimate of drug-likeness (QED) is 0.747. The lowest BCUT2D eigenvalue weighted by atomic mass is 10.2. The number of ether oxygens (including phenoxy) is 1. The Morgan fingerprint density at radius 1 is 1.42 bits per heavy atom. The van der Waals surface area contributed by atoms with Gasteiger partial charge in [-0.2, -0.15) is 0 Å². The monoisotopic (exact) mass is 304 g/mol. The lowest BCUT2D eigenvalue weighted by molar-refractivity contribution is -0.126. The van der Waals surface area contributed by atoms with E-state index in [0.29, 0.717) is 18.7 Å². The van der Waals surface area contributed by atoms with Crippen molar-refractivity contribution < 1.29 is 14.6 Å². The Morgan fingerprint density at radius 2 is 2.05 bits per heavy atom. The van der Waals surface area contributed by atoms with Gasteiger partial charge in [0, 0.05) is 12.2 Å². The van der Waals surface area contributed by atoms with Crippen LogP contribution in [0.5, 0.6) is 5.75 Å². The Hall–Kier alpha value is -1.01. The van der Waals surface area contributed by atoms with Crippen LogP contribution in [-0.2, 0) is 9.53 Å². The Bertz CT molecular complexity index is 473. The van der Waals surface area contributed by atoms with E-state index in [-0.39, 0.29) is 27.8 Å². The summed E-state index contributed by atoms with van der Waals surface area (Å²) in [5.74, 6) is -0.476. The third-order valence-electron chi connectivity index (χ3n) is 2.95. The first-order valence-electron chi connectivity index (χ1n) is 5.85. The molecule has 0 radical (unpaired) electrons. The van der Waals surface area contributed by atoms with E-state index < -0.39 is 6.10 Å². The Morgan fingerprint density at radius 3 is 2.58 bits per heavy atom. The van der Waals surface area contributed by atoms with Crippen molar-refractivity contribution in [3.63, 3.8) is 0 Å². The number of carbonyl (C=O) groups is 1. The largest absolute Gasteiger partial charge is 0.505 e. The molecule has 19 heavy (non-hydrogen) atoms. The van der Waals surface area contributed by atoms with Crippen LogP contribution in [-0.4, -0.2) is 29.8 Å². The van der Waals surface area contributed by atoms with Crippen molar-refractivity contribution in [1.82, 2.24) is 0 Å². The molecular formula is C12H14Cl2N2O3. The Kier molecular flexibility index (Phi) is 4.52. The van der Waals surface area contributed by atoms with Gasteiger partial charge >= 0.3 is 0 Å². The maximum absolute atomic E-state index is 12.0. The zero-order valence-electron chi connectivity index (χ0n) is 10.0. The van der Waals surface area contributed by atoms with Crippen LogP contribution in [0.2, 0.25) is 10.0 Å². The van der Waals surface area contributed by atoms with E-state index >= 15 is 0 Å². The Balaban J connectivity index is 2.03. The molecule has 0 aromatic heterocycles. The van der Waals surface area contributed by atoms with Gasteiger partial charge in [0.2, 0.25) is 0 Å². The highest BCUT2D eigenvalue weighted by atomic mass is 35.5. The van der Waals surface area contributed by atoms with Crippen LogP contribution in [0.4, 0.5) is 5.69 Å². The number of benzene rings is 1. The van der Waals surface area contributed by atoms with Crippen LogP contribution in [0.15, 0.2) is 12.1 Å². The standard InChI is InChI=1S/C12H14Cl2N2O3/c13-8-3-6(4-9(14)11(8)17)16-12(18)10-2-1-7(5-15)19-10/h3-4,7,10,17H,1-2,5,15H2,(H,16,18). The van der Waals surface area contributed by atoms with Crippen LogP contribution in [0.1, 0.15) is 12.8 Å². The van der Waals surface area contributed by atoms with Gasteiger partial charge in [-0.25, -0.2) is 0 Å². The second kappa shape index (κ2) is 5.96. The predicted octanol–water partition coefficient (Wildman–Crippen LogP) is 2.14. The molecule has 0 saturated carbocycles. The molecule has 1 heterocycles. The molecule has 4 N–H and O–H groups in total. The number of hydrogen-bond acceptors (Lipinski definition) is 4. The average Bonchev–Trinajstić information content (AvgIpc) is 2.84. The highest BCUT2D eigenvalue weighted by Crippen LogP contribution is 2.34. The third-order valence-corrected chi connectivity index (χ3v) is 3.52. The topological polar surface area (TPSA) is 84.6 Å². The minimum absolute atomic E-state index is 0.0669. The molecule has 5 nitrogen and oxygen atoms in total. The van der Waals surface area contributed by atoms with Gasteiger partial charge in [-0.05, 0) is 25.0 Å². The maximum Gasteiger partial charge on any atom is 0.253 e. The number of anilines is 1.